The number of benzene rings is 7. The van der Waals surface area contributed by atoms with Crippen molar-refractivity contribution in [2.45, 2.75) is 24.7 Å². The number of hydrogen-bond acceptors (Lipinski definition) is 1. The van der Waals surface area contributed by atoms with Crippen LogP contribution in [-0.2, 0) is 6.42 Å². The number of fused-ring (bicyclic) bond motifs is 10. The summed E-state index contributed by atoms with van der Waals surface area (Å²) in [5.41, 5.74) is 19.8. The highest BCUT2D eigenvalue weighted by Gasteiger charge is 2.37. The van der Waals surface area contributed by atoms with Crippen molar-refractivity contribution in [1.82, 2.24) is 4.98 Å². The molecule has 1 heteroatoms. The maximum Gasteiger partial charge on any atom is 0.0712 e. The van der Waals surface area contributed by atoms with E-state index in [2.05, 4.69) is 164 Å². The van der Waals surface area contributed by atoms with Crippen molar-refractivity contribution in [1.29, 1.82) is 0 Å². The molecule has 0 saturated carbocycles. The van der Waals surface area contributed by atoms with Crippen molar-refractivity contribution in [3.05, 3.63) is 202 Å². The molecule has 0 bridgehead atoms. The Labute approximate surface area is 292 Å². The Balaban J connectivity index is 1.09. The zero-order chi connectivity index (χ0) is 32.8. The zero-order valence-corrected chi connectivity index (χ0v) is 27.6. The SMILES string of the molecule is C1=Cc2cccc(-c3ccc(C4c5ccccc5-c5cc6c(cc54)-c4ccccc4C6c4nc5ccccc5c5ccccc45)cc3)c2CC1. The summed E-state index contributed by atoms with van der Waals surface area (Å²) in [6.45, 7) is 0. The van der Waals surface area contributed by atoms with Crippen LogP contribution in [0.5, 0.6) is 0 Å². The molecule has 7 aromatic carbocycles. The monoisotopic (exact) mass is 635 g/mol. The van der Waals surface area contributed by atoms with E-state index in [0.29, 0.717) is 0 Å². The molecule has 2 atom stereocenters. The second-order valence-corrected chi connectivity index (χ2v) is 14.1. The summed E-state index contributed by atoms with van der Waals surface area (Å²) in [7, 11) is 0. The Bertz CT molecular complexity index is 2710. The second-order valence-electron chi connectivity index (χ2n) is 14.1. The number of pyridine rings is 1. The topological polar surface area (TPSA) is 12.9 Å². The van der Waals surface area contributed by atoms with Crippen LogP contribution in [0, 0.1) is 0 Å². The molecule has 0 amide bonds. The van der Waals surface area contributed by atoms with Gasteiger partial charge in [0.15, 0.2) is 0 Å². The summed E-state index contributed by atoms with van der Waals surface area (Å²) in [5.74, 6) is 0.233. The lowest BCUT2D eigenvalue weighted by molar-refractivity contribution is 0.970. The van der Waals surface area contributed by atoms with Gasteiger partial charge in [0.1, 0.15) is 0 Å². The quantitative estimate of drug-likeness (QED) is 0.176. The molecule has 0 fully saturated rings. The molecule has 1 heterocycles. The van der Waals surface area contributed by atoms with Gasteiger partial charge in [-0.2, -0.15) is 0 Å². The first-order valence-corrected chi connectivity index (χ1v) is 17.8. The minimum Gasteiger partial charge on any atom is -0.251 e. The Kier molecular flexibility index (Phi) is 5.97. The van der Waals surface area contributed by atoms with Crippen LogP contribution in [0.1, 0.15) is 62.9 Å². The van der Waals surface area contributed by atoms with Gasteiger partial charge in [0.25, 0.3) is 0 Å². The van der Waals surface area contributed by atoms with E-state index >= 15 is 0 Å². The summed E-state index contributed by atoms with van der Waals surface area (Å²) in [4.78, 5) is 5.44. The molecule has 3 aliphatic rings. The van der Waals surface area contributed by atoms with E-state index in [1.807, 2.05) is 0 Å². The lowest BCUT2D eigenvalue weighted by atomic mass is 9.85. The second kappa shape index (κ2) is 10.7. The Morgan fingerprint density at radius 3 is 1.86 bits per heavy atom. The van der Waals surface area contributed by atoms with Crippen LogP contribution < -0.4 is 0 Å². The summed E-state index contributed by atoms with van der Waals surface area (Å²) in [5, 5.41) is 3.70. The van der Waals surface area contributed by atoms with Crippen LogP contribution in [0.2, 0.25) is 0 Å². The molecular weight excluding hydrogens is 603 g/mol. The number of aromatic nitrogens is 1. The normalized spacial score (nSPS) is 16.6. The number of rotatable bonds is 3. The van der Waals surface area contributed by atoms with E-state index in [1.54, 1.807) is 0 Å². The largest absolute Gasteiger partial charge is 0.251 e. The lowest BCUT2D eigenvalue weighted by Gasteiger charge is -2.19. The van der Waals surface area contributed by atoms with Crippen molar-refractivity contribution < 1.29 is 0 Å². The fourth-order valence-corrected chi connectivity index (χ4v) is 9.31. The van der Waals surface area contributed by atoms with Crippen LogP contribution in [0.3, 0.4) is 0 Å². The summed E-state index contributed by atoms with van der Waals surface area (Å²) < 4.78 is 0. The highest BCUT2D eigenvalue weighted by molar-refractivity contribution is 6.07. The van der Waals surface area contributed by atoms with E-state index < -0.39 is 0 Å². The van der Waals surface area contributed by atoms with E-state index in [-0.39, 0.29) is 11.8 Å². The maximum atomic E-state index is 5.44. The van der Waals surface area contributed by atoms with Gasteiger partial charge in [-0.15, -0.1) is 0 Å². The Morgan fingerprint density at radius 2 is 1.08 bits per heavy atom. The van der Waals surface area contributed by atoms with Crippen LogP contribution in [0.25, 0.3) is 61.1 Å². The fraction of sp³-hybridized carbons (Fsp3) is 0.0816. The molecule has 1 aromatic heterocycles. The molecule has 0 saturated heterocycles. The van der Waals surface area contributed by atoms with Crippen molar-refractivity contribution in [3.8, 4) is 33.4 Å². The van der Waals surface area contributed by atoms with Crippen molar-refractivity contribution in [2.75, 3.05) is 0 Å². The van der Waals surface area contributed by atoms with Crippen molar-refractivity contribution >= 4 is 27.8 Å². The molecule has 3 aliphatic carbocycles. The van der Waals surface area contributed by atoms with Gasteiger partial charge in [-0.05, 0) is 109 Å². The van der Waals surface area contributed by atoms with Gasteiger partial charge in [0.2, 0.25) is 0 Å². The van der Waals surface area contributed by atoms with Gasteiger partial charge >= 0.3 is 0 Å². The molecule has 1 nitrogen and oxygen atoms in total. The Morgan fingerprint density at radius 1 is 0.460 bits per heavy atom. The molecular formula is C49H33N. The van der Waals surface area contributed by atoms with Crippen LogP contribution in [0.15, 0.2) is 158 Å². The predicted octanol–water partition coefficient (Wildman–Crippen LogP) is 12.3. The summed E-state index contributed by atoms with van der Waals surface area (Å²) in [6, 6.07) is 56.7. The molecule has 11 rings (SSSR count). The molecule has 8 aromatic rings. The fourth-order valence-electron chi connectivity index (χ4n) is 9.31. The predicted molar refractivity (Wildman–Crippen MR) is 208 cm³/mol. The number of hydrogen-bond donors (Lipinski definition) is 0. The molecule has 2 unspecified atom stereocenters. The summed E-state index contributed by atoms with van der Waals surface area (Å²) >= 11 is 0. The van der Waals surface area contributed by atoms with Gasteiger partial charge in [0.05, 0.1) is 17.1 Å². The van der Waals surface area contributed by atoms with Crippen LogP contribution >= 0.6 is 0 Å². The smallest absolute Gasteiger partial charge is 0.0712 e. The van der Waals surface area contributed by atoms with E-state index in [9.17, 15) is 0 Å². The number of nitrogens with zero attached hydrogens (tertiary/aromatic N) is 1. The average Bonchev–Trinajstić information content (AvgIpc) is 3.68. The molecule has 0 radical (unpaired) electrons. The minimum absolute atomic E-state index is 0.0538. The van der Waals surface area contributed by atoms with Gasteiger partial charge in [-0.1, -0.05) is 146 Å². The van der Waals surface area contributed by atoms with Gasteiger partial charge < -0.3 is 0 Å². The van der Waals surface area contributed by atoms with Crippen molar-refractivity contribution in [2.24, 2.45) is 0 Å². The third-order valence-corrected chi connectivity index (χ3v) is 11.5. The standard InChI is InChI=1S/C49H33N/c1-2-14-33-30(12-1)13-11-22-34(33)31-24-26-32(27-25-31)47-39-19-6-3-16-36(39)42-29-45-43(28-44(42)47)37-17-4-7-20-40(37)48(45)49-41-21-8-5-15-35(41)38-18-9-10-23-46(38)50-49/h1,3-13,15-29,47-48H,2,14H2. The third-order valence-electron chi connectivity index (χ3n) is 11.5. The van der Waals surface area contributed by atoms with Crippen LogP contribution in [-0.4, -0.2) is 4.98 Å². The lowest BCUT2D eigenvalue weighted by Crippen LogP contribution is -2.04. The Hall–Kier alpha value is -6.05. The first kappa shape index (κ1) is 27.9. The molecule has 0 N–H and O–H groups in total. The van der Waals surface area contributed by atoms with Crippen molar-refractivity contribution in [3.63, 3.8) is 0 Å². The third kappa shape index (κ3) is 3.98. The van der Waals surface area contributed by atoms with Gasteiger partial charge in [-0.3, -0.25) is 4.98 Å². The molecule has 50 heavy (non-hydrogen) atoms. The van der Waals surface area contributed by atoms with E-state index in [4.69, 9.17) is 4.98 Å². The molecule has 234 valence electrons. The maximum absolute atomic E-state index is 5.44. The minimum atomic E-state index is 0.0538. The van der Waals surface area contributed by atoms with Gasteiger partial charge in [0, 0.05) is 16.7 Å². The molecule has 0 aliphatic heterocycles. The number of para-hydroxylation sites is 1. The zero-order valence-electron chi connectivity index (χ0n) is 27.6. The highest BCUT2D eigenvalue weighted by atomic mass is 14.7. The summed E-state index contributed by atoms with van der Waals surface area (Å²) in [6.07, 6.45) is 6.79. The van der Waals surface area contributed by atoms with E-state index in [1.165, 1.54) is 88.5 Å². The van der Waals surface area contributed by atoms with E-state index in [0.717, 1.165) is 24.1 Å². The first-order chi connectivity index (χ1) is 24.8. The first-order valence-electron chi connectivity index (χ1n) is 17.8. The average molecular weight is 636 g/mol. The van der Waals surface area contributed by atoms with Crippen LogP contribution in [0.4, 0.5) is 0 Å². The van der Waals surface area contributed by atoms with Gasteiger partial charge in [-0.25, -0.2) is 0 Å². The number of allylic oxidation sites excluding steroid dienone is 1. The molecule has 0 spiro atoms. The highest BCUT2D eigenvalue weighted by Crippen LogP contribution is 2.56.